The van der Waals surface area contributed by atoms with Gasteiger partial charge in [-0.3, -0.25) is 0 Å². The summed E-state index contributed by atoms with van der Waals surface area (Å²) >= 11 is 1.63. The van der Waals surface area contributed by atoms with Gasteiger partial charge in [0.25, 0.3) is 0 Å². The summed E-state index contributed by atoms with van der Waals surface area (Å²) in [7, 11) is 0. The summed E-state index contributed by atoms with van der Waals surface area (Å²) in [6.07, 6.45) is 3.77. The van der Waals surface area contributed by atoms with Gasteiger partial charge in [-0.1, -0.05) is 6.08 Å². The van der Waals surface area contributed by atoms with Gasteiger partial charge in [0.15, 0.2) is 0 Å². The number of benzene rings is 1. The molecule has 14 heavy (non-hydrogen) atoms. The van der Waals surface area contributed by atoms with Crippen LogP contribution in [0.25, 0.3) is 0 Å². The zero-order chi connectivity index (χ0) is 10.6. The molecule has 1 rings (SSSR count). The molecule has 0 bridgehead atoms. The first kappa shape index (κ1) is 10.9. The van der Waals surface area contributed by atoms with Crippen molar-refractivity contribution < 1.29 is 0 Å². The highest BCUT2D eigenvalue weighted by atomic mass is 32.2. The summed E-state index contributed by atoms with van der Waals surface area (Å²) in [4.78, 5) is 1.09. The minimum absolute atomic E-state index is 0.0502. The highest BCUT2D eigenvalue weighted by Gasteiger charge is 2.04. The second-order valence-corrected chi connectivity index (χ2v) is 3.83. The molecule has 0 aromatic heterocycles. The first-order valence-corrected chi connectivity index (χ1v) is 5.48. The number of allylic oxidation sites excluding steroid dienone is 1. The molecule has 1 radical (unpaired) electrons. The van der Waals surface area contributed by atoms with Crippen LogP contribution in [-0.2, 0) is 0 Å². The van der Waals surface area contributed by atoms with Gasteiger partial charge in [0, 0.05) is 10.8 Å². The van der Waals surface area contributed by atoms with E-state index in [1.54, 1.807) is 17.8 Å². The van der Waals surface area contributed by atoms with Crippen molar-refractivity contribution in [3.05, 3.63) is 48.9 Å². The summed E-state index contributed by atoms with van der Waals surface area (Å²) in [6, 6.07) is 7.93. The Morgan fingerprint density at radius 3 is 2.71 bits per heavy atom. The minimum Gasteiger partial charge on any atom is -0.192 e. The van der Waals surface area contributed by atoms with Crippen molar-refractivity contribution in [3.63, 3.8) is 0 Å². The van der Waals surface area contributed by atoms with Crippen LogP contribution in [-0.4, -0.2) is 6.26 Å². The normalized spacial score (nSPS) is 11.8. The molecule has 0 N–H and O–H groups in total. The highest BCUT2D eigenvalue weighted by Crippen LogP contribution is 2.24. The van der Waals surface area contributed by atoms with E-state index < -0.39 is 0 Å². The van der Waals surface area contributed by atoms with Crippen LogP contribution in [0.1, 0.15) is 17.0 Å². The van der Waals surface area contributed by atoms with Crippen LogP contribution >= 0.6 is 11.8 Å². The van der Waals surface area contributed by atoms with Gasteiger partial charge >= 0.3 is 0 Å². The summed E-state index contributed by atoms with van der Waals surface area (Å²) < 4.78 is 0. The van der Waals surface area contributed by atoms with Crippen molar-refractivity contribution in [1.29, 1.82) is 5.26 Å². The lowest BCUT2D eigenvalue weighted by atomic mass is 10.00. The molecular formula is C12H12NS. The Hall–Kier alpha value is -1.20. The van der Waals surface area contributed by atoms with Crippen molar-refractivity contribution in [2.24, 2.45) is 0 Å². The maximum Gasteiger partial charge on any atom is 0.0992 e. The van der Waals surface area contributed by atoms with Gasteiger partial charge in [-0.2, -0.15) is 5.26 Å². The Kier molecular flexibility index (Phi) is 3.79. The molecule has 1 nitrogen and oxygen atoms in total. The van der Waals surface area contributed by atoms with Gasteiger partial charge in [-0.15, -0.1) is 18.3 Å². The number of nitriles is 1. The quantitative estimate of drug-likeness (QED) is 0.554. The zero-order valence-corrected chi connectivity index (χ0v) is 8.97. The molecule has 0 saturated heterocycles. The maximum atomic E-state index is 8.83. The molecule has 0 saturated carbocycles. The van der Waals surface area contributed by atoms with E-state index >= 15 is 0 Å². The second-order valence-electron chi connectivity index (χ2n) is 2.95. The monoisotopic (exact) mass is 202 g/mol. The van der Waals surface area contributed by atoms with Crippen LogP contribution in [0.4, 0.5) is 0 Å². The van der Waals surface area contributed by atoms with Gasteiger partial charge in [-0.25, -0.2) is 0 Å². The Bertz CT molecular complexity index is 376. The first-order valence-electron chi connectivity index (χ1n) is 4.26. The number of rotatable bonds is 3. The average molecular weight is 202 g/mol. The van der Waals surface area contributed by atoms with Crippen LogP contribution in [0, 0.1) is 18.3 Å². The number of thioether (sulfide) groups is 1. The molecule has 0 spiro atoms. The summed E-state index contributed by atoms with van der Waals surface area (Å²) in [5.74, 6) is 0.0502. The molecule has 71 valence electrons. The van der Waals surface area contributed by atoms with E-state index in [1.807, 2.05) is 24.5 Å². The molecular weight excluding hydrogens is 190 g/mol. The molecule has 0 aliphatic rings. The lowest BCUT2D eigenvalue weighted by Crippen LogP contribution is -1.91. The lowest BCUT2D eigenvalue weighted by Gasteiger charge is -2.08. The molecule has 1 atom stereocenters. The van der Waals surface area contributed by atoms with Crippen molar-refractivity contribution in [3.8, 4) is 6.07 Å². The van der Waals surface area contributed by atoms with E-state index in [9.17, 15) is 0 Å². The third kappa shape index (κ3) is 2.40. The third-order valence-electron chi connectivity index (χ3n) is 2.01. The van der Waals surface area contributed by atoms with Crippen LogP contribution in [0.2, 0.25) is 0 Å². The Labute approximate surface area is 89.4 Å². The van der Waals surface area contributed by atoms with Crippen LogP contribution in [0.15, 0.2) is 35.7 Å². The summed E-state index contributed by atoms with van der Waals surface area (Å²) in [5, 5.41) is 8.83. The van der Waals surface area contributed by atoms with E-state index in [4.69, 9.17) is 5.26 Å². The SMILES string of the molecule is [CH2]C(C=C)c1cc(C#N)cc(SC)c1. The van der Waals surface area contributed by atoms with E-state index in [1.165, 1.54) is 0 Å². The predicted octanol–water partition coefficient (Wildman–Crippen LogP) is 3.38. The topological polar surface area (TPSA) is 23.8 Å². The first-order chi connectivity index (χ1) is 6.71. The van der Waals surface area contributed by atoms with Gasteiger partial charge in [0.2, 0.25) is 0 Å². The van der Waals surface area contributed by atoms with Gasteiger partial charge in [-0.05, 0) is 36.9 Å². The fraction of sp³-hybridized carbons (Fsp3) is 0.167. The number of hydrogen-bond donors (Lipinski definition) is 0. The van der Waals surface area contributed by atoms with E-state index in [-0.39, 0.29) is 5.92 Å². The largest absolute Gasteiger partial charge is 0.192 e. The van der Waals surface area contributed by atoms with E-state index in [0.29, 0.717) is 5.56 Å². The Morgan fingerprint density at radius 1 is 1.50 bits per heavy atom. The molecule has 1 aromatic rings. The maximum absolute atomic E-state index is 8.83. The van der Waals surface area contributed by atoms with Gasteiger partial charge in [0.1, 0.15) is 0 Å². The van der Waals surface area contributed by atoms with Crippen LogP contribution < -0.4 is 0 Å². The zero-order valence-electron chi connectivity index (χ0n) is 8.16. The van der Waals surface area contributed by atoms with Crippen molar-refractivity contribution in [2.75, 3.05) is 6.26 Å². The second kappa shape index (κ2) is 4.88. The number of hydrogen-bond acceptors (Lipinski definition) is 2. The van der Waals surface area contributed by atoms with Crippen LogP contribution in [0.3, 0.4) is 0 Å². The van der Waals surface area contributed by atoms with Crippen LogP contribution in [0.5, 0.6) is 0 Å². The van der Waals surface area contributed by atoms with Crippen molar-refractivity contribution in [2.45, 2.75) is 10.8 Å². The van der Waals surface area contributed by atoms with Gasteiger partial charge < -0.3 is 0 Å². The standard InChI is InChI=1S/C12H12NS/c1-4-9(2)11-5-10(8-13)6-12(7-11)14-3/h4-7,9H,1-2H2,3H3. The molecule has 1 unspecified atom stereocenters. The Morgan fingerprint density at radius 2 is 2.21 bits per heavy atom. The summed E-state index contributed by atoms with van der Waals surface area (Å²) in [6.45, 7) is 7.64. The molecule has 1 aromatic carbocycles. The molecule has 0 amide bonds. The lowest BCUT2D eigenvalue weighted by molar-refractivity contribution is 1.07. The minimum atomic E-state index is 0.0502. The Balaban J connectivity index is 3.18. The van der Waals surface area contributed by atoms with E-state index in [0.717, 1.165) is 10.5 Å². The highest BCUT2D eigenvalue weighted by molar-refractivity contribution is 7.98. The van der Waals surface area contributed by atoms with Crippen molar-refractivity contribution in [1.82, 2.24) is 0 Å². The molecule has 0 aliphatic carbocycles. The molecule has 2 heteroatoms. The molecule has 0 aliphatic heterocycles. The fourth-order valence-electron chi connectivity index (χ4n) is 1.15. The summed E-state index contributed by atoms with van der Waals surface area (Å²) in [5.41, 5.74) is 1.73. The molecule has 0 heterocycles. The average Bonchev–Trinajstić information content (AvgIpc) is 2.27. The fourth-order valence-corrected chi connectivity index (χ4v) is 1.65. The van der Waals surface area contributed by atoms with E-state index in [2.05, 4.69) is 19.6 Å². The molecule has 0 fully saturated rings. The van der Waals surface area contributed by atoms with Crippen molar-refractivity contribution >= 4 is 11.8 Å². The van der Waals surface area contributed by atoms with Gasteiger partial charge in [0.05, 0.1) is 11.6 Å². The predicted molar refractivity (Wildman–Crippen MR) is 61.2 cm³/mol. The smallest absolute Gasteiger partial charge is 0.0992 e. The number of nitrogens with zero attached hydrogens (tertiary/aromatic N) is 1. The third-order valence-corrected chi connectivity index (χ3v) is 2.71.